The highest BCUT2D eigenvalue weighted by molar-refractivity contribution is 9.10. The van der Waals surface area contributed by atoms with Gasteiger partial charge in [0.25, 0.3) is 0 Å². The normalized spacial score (nSPS) is 13.3. The highest BCUT2D eigenvalue weighted by Crippen LogP contribution is 2.15. The summed E-state index contributed by atoms with van der Waals surface area (Å²) in [7, 11) is 0. The highest BCUT2D eigenvalue weighted by Gasteiger charge is 2.27. The van der Waals surface area contributed by atoms with Gasteiger partial charge in [0.2, 0.25) is 17.7 Å². The molecule has 2 atom stereocenters. The molecule has 0 fully saturated rings. The number of carbonyl (C=O) groups is 3. The Bertz CT molecular complexity index is 592. The lowest BCUT2D eigenvalue weighted by Gasteiger charge is -2.24. The summed E-state index contributed by atoms with van der Waals surface area (Å²) in [6.45, 7) is 4.94. The molecule has 0 spiro atoms. The molecule has 1 heterocycles. The Morgan fingerprint density at radius 1 is 1.30 bits per heavy atom. The van der Waals surface area contributed by atoms with E-state index in [1.807, 2.05) is 0 Å². The van der Waals surface area contributed by atoms with E-state index < -0.39 is 23.9 Å². The number of aromatic nitrogens is 1. The number of primary amides is 1. The molecule has 0 aliphatic carbocycles. The van der Waals surface area contributed by atoms with Gasteiger partial charge in [-0.25, -0.2) is 4.98 Å². The molecule has 0 aliphatic rings. The summed E-state index contributed by atoms with van der Waals surface area (Å²) in [5.74, 6) is -1.54. The average Bonchev–Trinajstić information content (AvgIpc) is 2.45. The summed E-state index contributed by atoms with van der Waals surface area (Å²) >= 11 is 3.29. The highest BCUT2D eigenvalue weighted by atomic mass is 79.9. The van der Waals surface area contributed by atoms with Crippen LogP contribution >= 0.6 is 15.9 Å². The molecule has 126 valence electrons. The average molecular weight is 385 g/mol. The zero-order chi connectivity index (χ0) is 17.6. The monoisotopic (exact) mass is 384 g/mol. The van der Waals surface area contributed by atoms with Gasteiger partial charge in [-0.2, -0.15) is 0 Å². The molecule has 1 aromatic heterocycles. The Morgan fingerprint density at radius 2 is 1.96 bits per heavy atom. The van der Waals surface area contributed by atoms with Gasteiger partial charge in [-0.1, -0.05) is 19.9 Å². The summed E-state index contributed by atoms with van der Waals surface area (Å²) in [6, 6.07) is 1.89. The minimum absolute atomic E-state index is 0.127. The van der Waals surface area contributed by atoms with Crippen LogP contribution in [-0.2, 0) is 20.8 Å². The maximum Gasteiger partial charge on any atom is 0.243 e. The fraction of sp³-hybridized carbons (Fsp3) is 0.467. The van der Waals surface area contributed by atoms with Crippen molar-refractivity contribution in [1.29, 1.82) is 0 Å². The summed E-state index contributed by atoms with van der Waals surface area (Å²) in [6.07, 6.45) is 1.82. The van der Waals surface area contributed by atoms with Crippen LogP contribution in [0.1, 0.15) is 26.3 Å². The Kier molecular flexibility index (Phi) is 7.15. The van der Waals surface area contributed by atoms with Crippen molar-refractivity contribution in [2.45, 2.75) is 39.3 Å². The van der Waals surface area contributed by atoms with Crippen molar-refractivity contribution < 1.29 is 14.4 Å². The molecule has 0 unspecified atom stereocenters. The number of hydrogen-bond donors (Lipinski definition) is 3. The van der Waals surface area contributed by atoms with Crippen LogP contribution in [0.4, 0.5) is 0 Å². The van der Waals surface area contributed by atoms with Gasteiger partial charge in [0.1, 0.15) is 16.7 Å². The fourth-order valence-electron chi connectivity index (χ4n) is 2.03. The minimum Gasteiger partial charge on any atom is -0.368 e. The molecule has 4 N–H and O–H groups in total. The Labute approximate surface area is 143 Å². The summed E-state index contributed by atoms with van der Waals surface area (Å²) < 4.78 is 0.586. The second kappa shape index (κ2) is 8.61. The molecule has 0 aromatic carbocycles. The molecule has 1 aromatic rings. The van der Waals surface area contributed by atoms with Gasteiger partial charge in [-0.3, -0.25) is 14.4 Å². The number of nitrogens with zero attached hydrogens (tertiary/aromatic N) is 1. The third kappa shape index (κ3) is 5.97. The van der Waals surface area contributed by atoms with Crippen LogP contribution in [0, 0.1) is 5.92 Å². The number of hydrogen-bond acceptors (Lipinski definition) is 4. The van der Waals surface area contributed by atoms with Crippen molar-refractivity contribution in [3.63, 3.8) is 0 Å². The van der Waals surface area contributed by atoms with Crippen molar-refractivity contribution in [3.8, 4) is 0 Å². The number of rotatable bonds is 7. The Balaban J connectivity index is 2.86. The Hall–Kier alpha value is -1.96. The Morgan fingerprint density at radius 3 is 2.43 bits per heavy atom. The van der Waals surface area contributed by atoms with Gasteiger partial charge in [0, 0.05) is 19.5 Å². The predicted molar refractivity (Wildman–Crippen MR) is 89.2 cm³/mol. The number of pyridine rings is 1. The molecule has 0 saturated carbocycles. The van der Waals surface area contributed by atoms with E-state index in [0.29, 0.717) is 4.60 Å². The second-order valence-corrected chi connectivity index (χ2v) is 6.29. The first-order chi connectivity index (χ1) is 10.7. The van der Waals surface area contributed by atoms with Gasteiger partial charge < -0.3 is 16.4 Å². The second-order valence-electron chi connectivity index (χ2n) is 5.54. The van der Waals surface area contributed by atoms with E-state index >= 15 is 0 Å². The van der Waals surface area contributed by atoms with E-state index in [1.165, 1.54) is 6.92 Å². The fourth-order valence-corrected chi connectivity index (χ4v) is 2.44. The molecule has 1 rings (SSSR count). The van der Waals surface area contributed by atoms with E-state index in [9.17, 15) is 14.4 Å². The number of carbonyl (C=O) groups excluding carboxylic acids is 3. The quantitative estimate of drug-likeness (QED) is 0.594. The van der Waals surface area contributed by atoms with Gasteiger partial charge in [-0.15, -0.1) is 0 Å². The third-order valence-corrected chi connectivity index (χ3v) is 3.94. The number of nitrogens with one attached hydrogen (secondary N) is 2. The molecule has 3 amide bonds. The van der Waals surface area contributed by atoms with Crippen LogP contribution in [0.25, 0.3) is 0 Å². The minimum atomic E-state index is -0.891. The largest absolute Gasteiger partial charge is 0.368 e. The van der Waals surface area contributed by atoms with Gasteiger partial charge in [0.05, 0.1) is 0 Å². The van der Waals surface area contributed by atoms with Crippen molar-refractivity contribution in [3.05, 3.63) is 28.5 Å². The lowest BCUT2D eigenvalue weighted by Crippen LogP contribution is -2.55. The summed E-state index contributed by atoms with van der Waals surface area (Å²) in [5.41, 5.74) is 6.13. The van der Waals surface area contributed by atoms with Crippen LogP contribution in [-0.4, -0.2) is 34.8 Å². The van der Waals surface area contributed by atoms with Crippen molar-refractivity contribution in [2.24, 2.45) is 11.7 Å². The first kappa shape index (κ1) is 19.1. The first-order valence-corrected chi connectivity index (χ1v) is 7.97. The predicted octanol–water partition coefficient (Wildman–Crippen LogP) is 0.517. The maximum absolute atomic E-state index is 12.3. The number of nitrogens with two attached hydrogens (primary N) is 1. The molecule has 8 heteroatoms. The van der Waals surface area contributed by atoms with E-state index in [1.54, 1.807) is 32.2 Å². The topological polar surface area (TPSA) is 114 Å². The SMILES string of the molecule is CC(=O)N[C@@H](C(=O)N[C@@H](Cc1cccnc1Br)C(N)=O)C(C)C. The molecule has 23 heavy (non-hydrogen) atoms. The van der Waals surface area contributed by atoms with Crippen LogP contribution in [0.2, 0.25) is 0 Å². The zero-order valence-corrected chi connectivity index (χ0v) is 14.9. The van der Waals surface area contributed by atoms with Gasteiger partial charge >= 0.3 is 0 Å². The summed E-state index contributed by atoms with van der Waals surface area (Å²) in [5, 5.41) is 5.18. The third-order valence-electron chi connectivity index (χ3n) is 3.23. The number of amides is 3. The van der Waals surface area contributed by atoms with Gasteiger partial charge in [-0.05, 0) is 33.5 Å². The molecular weight excluding hydrogens is 364 g/mol. The first-order valence-electron chi connectivity index (χ1n) is 7.18. The van der Waals surface area contributed by atoms with Crippen LogP contribution < -0.4 is 16.4 Å². The van der Waals surface area contributed by atoms with Crippen LogP contribution in [0.3, 0.4) is 0 Å². The standard InChI is InChI=1S/C15H21BrN4O3/c1-8(2)12(19-9(3)21)15(23)20-11(14(17)22)7-10-5-4-6-18-13(10)16/h4-6,8,11-12H,7H2,1-3H3,(H2,17,22)(H,19,21)(H,20,23)/t11-,12+/m0/s1. The smallest absolute Gasteiger partial charge is 0.243 e. The molecule has 0 aliphatic heterocycles. The number of halogens is 1. The van der Waals surface area contributed by atoms with Crippen molar-refractivity contribution >= 4 is 33.7 Å². The van der Waals surface area contributed by atoms with Gasteiger partial charge in [0.15, 0.2) is 0 Å². The van der Waals surface area contributed by atoms with E-state index in [-0.39, 0.29) is 18.2 Å². The molecule has 0 bridgehead atoms. The van der Waals surface area contributed by atoms with Crippen molar-refractivity contribution in [1.82, 2.24) is 15.6 Å². The van der Waals surface area contributed by atoms with Crippen LogP contribution in [0.5, 0.6) is 0 Å². The zero-order valence-electron chi connectivity index (χ0n) is 13.3. The van der Waals surface area contributed by atoms with Crippen molar-refractivity contribution in [2.75, 3.05) is 0 Å². The molecule has 0 saturated heterocycles. The molecule has 7 nitrogen and oxygen atoms in total. The molecule has 0 radical (unpaired) electrons. The summed E-state index contributed by atoms with van der Waals surface area (Å²) in [4.78, 5) is 39.3. The molecular formula is C15H21BrN4O3. The van der Waals surface area contributed by atoms with Crippen LogP contribution in [0.15, 0.2) is 22.9 Å². The van der Waals surface area contributed by atoms with E-state index in [2.05, 4.69) is 31.5 Å². The lowest BCUT2D eigenvalue weighted by atomic mass is 10.0. The lowest BCUT2D eigenvalue weighted by molar-refractivity contribution is -0.131. The van der Waals surface area contributed by atoms with E-state index in [4.69, 9.17) is 5.73 Å². The maximum atomic E-state index is 12.3. The van der Waals surface area contributed by atoms with E-state index in [0.717, 1.165) is 5.56 Å².